The first-order valence-electron chi connectivity index (χ1n) is 4.11. The SMILES string of the molecule is Cc1cc(C#N)ccc1S(=O)(=O)CC#N. The highest BCUT2D eigenvalue weighted by molar-refractivity contribution is 7.91. The van der Waals surface area contributed by atoms with Gasteiger partial charge in [-0.15, -0.1) is 0 Å². The van der Waals surface area contributed by atoms with E-state index in [0.29, 0.717) is 11.1 Å². The molecular weight excluding hydrogens is 212 g/mol. The van der Waals surface area contributed by atoms with Crippen molar-refractivity contribution in [2.24, 2.45) is 0 Å². The van der Waals surface area contributed by atoms with Crippen molar-refractivity contribution in [1.29, 1.82) is 10.5 Å². The van der Waals surface area contributed by atoms with E-state index in [9.17, 15) is 8.42 Å². The zero-order valence-electron chi connectivity index (χ0n) is 8.06. The third-order valence-corrected chi connectivity index (χ3v) is 3.53. The van der Waals surface area contributed by atoms with Crippen LogP contribution in [0.1, 0.15) is 11.1 Å². The first-order chi connectivity index (χ1) is 7.01. The van der Waals surface area contributed by atoms with E-state index in [1.807, 2.05) is 6.07 Å². The number of hydrogen-bond donors (Lipinski definition) is 0. The molecule has 5 heteroatoms. The van der Waals surface area contributed by atoms with Gasteiger partial charge >= 0.3 is 0 Å². The van der Waals surface area contributed by atoms with Crippen molar-refractivity contribution in [3.05, 3.63) is 29.3 Å². The minimum Gasteiger partial charge on any atom is -0.223 e. The van der Waals surface area contributed by atoms with Crippen LogP contribution < -0.4 is 0 Å². The molecule has 4 nitrogen and oxygen atoms in total. The molecule has 0 fully saturated rings. The Morgan fingerprint density at radius 2 is 2.00 bits per heavy atom. The molecule has 0 bridgehead atoms. The van der Waals surface area contributed by atoms with Crippen molar-refractivity contribution < 1.29 is 8.42 Å². The summed E-state index contributed by atoms with van der Waals surface area (Å²) in [7, 11) is -3.54. The highest BCUT2D eigenvalue weighted by Crippen LogP contribution is 2.17. The first-order valence-corrected chi connectivity index (χ1v) is 5.77. The summed E-state index contributed by atoms with van der Waals surface area (Å²) >= 11 is 0. The van der Waals surface area contributed by atoms with Crippen LogP contribution in [0.15, 0.2) is 23.1 Å². The van der Waals surface area contributed by atoms with E-state index in [1.165, 1.54) is 18.2 Å². The molecule has 0 aliphatic heterocycles. The molecule has 0 unspecified atom stereocenters. The Hall–Kier alpha value is -1.85. The van der Waals surface area contributed by atoms with Gasteiger partial charge < -0.3 is 0 Å². The molecule has 0 N–H and O–H groups in total. The van der Waals surface area contributed by atoms with Crippen LogP contribution in [0.4, 0.5) is 0 Å². The van der Waals surface area contributed by atoms with Gasteiger partial charge in [-0.2, -0.15) is 10.5 Å². The molecule has 0 spiro atoms. The van der Waals surface area contributed by atoms with Crippen LogP contribution in [0.3, 0.4) is 0 Å². The number of benzene rings is 1. The molecule has 1 aromatic carbocycles. The molecule has 0 atom stereocenters. The van der Waals surface area contributed by atoms with Crippen molar-refractivity contribution >= 4 is 9.84 Å². The molecule has 76 valence electrons. The van der Waals surface area contributed by atoms with Crippen LogP contribution in [-0.2, 0) is 9.84 Å². The molecular formula is C10H8N2O2S. The van der Waals surface area contributed by atoms with Gasteiger partial charge in [-0.25, -0.2) is 8.42 Å². The van der Waals surface area contributed by atoms with E-state index >= 15 is 0 Å². The minimum atomic E-state index is -3.54. The van der Waals surface area contributed by atoms with Gasteiger partial charge in [0.25, 0.3) is 0 Å². The number of hydrogen-bond acceptors (Lipinski definition) is 4. The average molecular weight is 220 g/mol. The molecule has 0 radical (unpaired) electrons. The van der Waals surface area contributed by atoms with Gasteiger partial charge in [0.1, 0.15) is 5.75 Å². The Morgan fingerprint density at radius 3 is 2.47 bits per heavy atom. The molecule has 0 aliphatic rings. The van der Waals surface area contributed by atoms with Crippen molar-refractivity contribution in [3.8, 4) is 12.1 Å². The lowest BCUT2D eigenvalue weighted by atomic mass is 10.2. The molecule has 0 aromatic heterocycles. The predicted molar refractivity (Wildman–Crippen MR) is 53.6 cm³/mol. The second kappa shape index (κ2) is 4.12. The second-order valence-corrected chi connectivity index (χ2v) is 4.97. The maximum atomic E-state index is 11.5. The van der Waals surface area contributed by atoms with Gasteiger partial charge in [0.2, 0.25) is 0 Å². The topological polar surface area (TPSA) is 81.7 Å². The lowest BCUT2D eigenvalue weighted by Gasteiger charge is -2.04. The standard InChI is InChI=1S/C10H8N2O2S/c1-8-6-9(7-12)2-3-10(8)15(13,14)5-4-11/h2-3,6H,5H2,1H3. The van der Waals surface area contributed by atoms with Crippen molar-refractivity contribution in [2.45, 2.75) is 11.8 Å². The van der Waals surface area contributed by atoms with Gasteiger partial charge in [-0.1, -0.05) is 0 Å². The maximum Gasteiger partial charge on any atom is 0.191 e. The summed E-state index contributed by atoms with van der Waals surface area (Å²) in [6, 6.07) is 7.81. The minimum absolute atomic E-state index is 0.114. The van der Waals surface area contributed by atoms with Gasteiger partial charge in [0.15, 0.2) is 9.84 Å². The zero-order valence-corrected chi connectivity index (χ0v) is 8.87. The molecule has 0 aliphatic carbocycles. The van der Waals surface area contributed by atoms with E-state index in [2.05, 4.69) is 0 Å². The number of aryl methyl sites for hydroxylation is 1. The molecule has 15 heavy (non-hydrogen) atoms. The Morgan fingerprint density at radius 1 is 1.33 bits per heavy atom. The van der Waals surface area contributed by atoms with E-state index in [-0.39, 0.29) is 4.90 Å². The van der Waals surface area contributed by atoms with E-state index in [1.54, 1.807) is 13.0 Å². The van der Waals surface area contributed by atoms with Gasteiger partial charge in [-0.05, 0) is 30.7 Å². The molecule has 0 saturated heterocycles. The number of nitrogens with zero attached hydrogens (tertiary/aromatic N) is 2. The van der Waals surface area contributed by atoms with Crippen molar-refractivity contribution in [3.63, 3.8) is 0 Å². The molecule has 0 amide bonds. The highest BCUT2D eigenvalue weighted by atomic mass is 32.2. The fourth-order valence-corrected chi connectivity index (χ4v) is 2.38. The average Bonchev–Trinajstić information content (AvgIpc) is 2.17. The Bertz CT molecular complexity index is 562. The molecule has 1 aromatic rings. The van der Waals surface area contributed by atoms with Crippen LogP contribution in [0.2, 0.25) is 0 Å². The zero-order chi connectivity index (χ0) is 11.5. The quantitative estimate of drug-likeness (QED) is 0.748. The smallest absolute Gasteiger partial charge is 0.191 e. The first kappa shape index (κ1) is 11.2. The number of nitriles is 2. The summed E-state index contributed by atoms with van der Waals surface area (Å²) in [5.74, 6) is -0.542. The normalized spacial score (nSPS) is 10.3. The molecule has 0 heterocycles. The molecule has 0 saturated carbocycles. The summed E-state index contributed by atoms with van der Waals surface area (Å²) in [6.07, 6.45) is 0. The Balaban J connectivity index is 3.32. The summed E-state index contributed by atoms with van der Waals surface area (Å²) in [6.45, 7) is 1.60. The largest absolute Gasteiger partial charge is 0.223 e. The summed E-state index contributed by atoms with van der Waals surface area (Å²) in [5.41, 5.74) is 0.896. The van der Waals surface area contributed by atoms with Gasteiger partial charge in [0, 0.05) is 0 Å². The maximum absolute atomic E-state index is 11.5. The van der Waals surface area contributed by atoms with Crippen molar-refractivity contribution in [2.75, 3.05) is 5.75 Å². The van der Waals surface area contributed by atoms with E-state index in [0.717, 1.165) is 0 Å². The number of sulfone groups is 1. The van der Waals surface area contributed by atoms with Gasteiger partial charge in [-0.3, -0.25) is 0 Å². The lowest BCUT2D eigenvalue weighted by molar-refractivity contribution is 0.598. The van der Waals surface area contributed by atoms with Crippen LogP contribution in [0, 0.1) is 29.6 Å². The van der Waals surface area contributed by atoms with Crippen molar-refractivity contribution in [1.82, 2.24) is 0 Å². The van der Waals surface area contributed by atoms with Crippen LogP contribution in [-0.4, -0.2) is 14.2 Å². The fraction of sp³-hybridized carbons (Fsp3) is 0.200. The fourth-order valence-electron chi connectivity index (χ4n) is 1.23. The highest BCUT2D eigenvalue weighted by Gasteiger charge is 2.16. The second-order valence-electron chi connectivity index (χ2n) is 3.01. The molecule has 1 rings (SSSR count). The summed E-state index contributed by atoms with van der Waals surface area (Å²) in [5, 5.41) is 17.0. The Labute approximate surface area is 88.3 Å². The third kappa shape index (κ3) is 2.34. The lowest BCUT2D eigenvalue weighted by Crippen LogP contribution is -2.06. The summed E-state index contributed by atoms with van der Waals surface area (Å²) in [4.78, 5) is 0.114. The Kier molecular flexibility index (Phi) is 3.08. The predicted octanol–water partition coefficient (Wildman–Crippen LogP) is 1.16. The number of rotatable bonds is 2. The van der Waals surface area contributed by atoms with Gasteiger partial charge in [0.05, 0.1) is 22.6 Å². The summed E-state index contributed by atoms with van der Waals surface area (Å²) < 4.78 is 23.1. The van der Waals surface area contributed by atoms with Crippen LogP contribution in [0.5, 0.6) is 0 Å². The van der Waals surface area contributed by atoms with Crippen LogP contribution in [0.25, 0.3) is 0 Å². The third-order valence-electron chi connectivity index (χ3n) is 1.89. The van der Waals surface area contributed by atoms with E-state index < -0.39 is 15.6 Å². The monoisotopic (exact) mass is 220 g/mol. The van der Waals surface area contributed by atoms with Crippen LogP contribution >= 0.6 is 0 Å². The van der Waals surface area contributed by atoms with E-state index in [4.69, 9.17) is 10.5 Å².